The monoisotopic (exact) mass is 326 g/mol. The van der Waals surface area contributed by atoms with E-state index < -0.39 is 12.1 Å². The standard InChI is InChI=1S/C15H19ClN2O4/c1-18(7-4-8-19)15(21)14-13(17-12(20)9-22-14)10-5-2-3-6-11(10)16/h2-3,5-6,13-14,19H,4,7-9H2,1H3,(H,17,20)/t13-,14+/m1/s1. The second kappa shape index (κ2) is 7.58. The lowest BCUT2D eigenvalue weighted by Crippen LogP contribution is -2.52. The number of nitrogens with one attached hydrogen (secondary N) is 1. The lowest BCUT2D eigenvalue weighted by molar-refractivity contribution is -0.154. The molecule has 7 heteroatoms. The summed E-state index contributed by atoms with van der Waals surface area (Å²) in [5.41, 5.74) is 0.645. The van der Waals surface area contributed by atoms with Crippen LogP contribution in [0.2, 0.25) is 5.02 Å². The highest BCUT2D eigenvalue weighted by Crippen LogP contribution is 2.29. The minimum absolute atomic E-state index is 0.00776. The Labute approximate surface area is 134 Å². The van der Waals surface area contributed by atoms with E-state index in [0.717, 1.165) is 0 Å². The average Bonchev–Trinajstić information content (AvgIpc) is 2.52. The van der Waals surface area contributed by atoms with Crippen molar-refractivity contribution in [1.82, 2.24) is 10.2 Å². The van der Waals surface area contributed by atoms with Crippen LogP contribution in [0, 0.1) is 0 Å². The van der Waals surface area contributed by atoms with Crippen molar-refractivity contribution < 1.29 is 19.4 Å². The summed E-state index contributed by atoms with van der Waals surface area (Å²) in [7, 11) is 1.64. The zero-order valence-corrected chi connectivity index (χ0v) is 13.0. The average molecular weight is 327 g/mol. The van der Waals surface area contributed by atoms with Crippen molar-refractivity contribution in [1.29, 1.82) is 0 Å². The molecule has 0 unspecified atom stereocenters. The van der Waals surface area contributed by atoms with Crippen molar-refractivity contribution >= 4 is 23.4 Å². The largest absolute Gasteiger partial charge is 0.396 e. The first kappa shape index (κ1) is 16.7. The van der Waals surface area contributed by atoms with Crippen molar-refractivity contribution in [2.45, 2.75) is 18.6 Å². The van der Waals surface area contributed by atoms with Crippen LogP contribution in [-0.2, 0) is 14.3 Å². The molecule has 0 aliphatic carbocycles. The third kappa shape index (κ3) is 3.76. The number of likely N-dealkylation sites (N-methyl/N-ethyl adjacent to an activating group) is 1. The Bertz CT molecular complexity index is 552. The molecule has 0 aromatic heterocycles. The van der Waals surface area contributed by atoms with Crippen molar-refractivity contribution in [3.63, 3.8) is 0 Å². The van der Waals surface area contributed by atoms with Crippen molar-refractivity contribution in [2.75, 3.05) is 26.8 Å². The number of amides is 2. The Balaban J connectivity index is 2.22. The fraction of sp³-hybridized carbons (Fsp3) is 0.467. The Kier molecular flexibility index (Phi) is 5.76. The molecule has 1 saturated heterocycles. The number of aliphatic hydroxyl groups excluding tert-OH is 1. The predicted octanol–water partition coefficient (Wildman–Crippen LogP) is 0.737. The number of carbonyl (C=O) groups excluding carboxylic acids is 2. The van der Waals surface area contributed by atoms with E-state index in [-0.39, 0.29) is 25.0 Å². The number of nitrogens with zero attached hydrogens (tertiary/aromatic N) is 1. The van der Waals surface area contributed by atoms with Gasteiger partial charge >= 0.3 is 0 Å². The number of hydrogen-bond acceptors (Lipinski definition) is 4. The third-order valence-electron chi connectivity index (χ3n) is 3.52. The van der Waals surface area contributed by atoms with E-state index in [0.29, 0.717) is 23.6 Å². The van der Waals surface area contributed by atoms with E-state index in [1.165, 1.54) is 4.90 Å². The first-order valence-corrected chi connectivity index (χ1v) is 7.43. The third-order valence-corrected chi connectivity index (χ3v) is 3.87. The SMILES string of the molecule is CN(CCCO)C(=O)[C@H]1OCC(=O)N[C@@H]1c1ccccc1Cl. The fourth-order valence-corrected chi connectivity index (χ4v) is 2.62. The molecule has 1 aliphatic heterocycles. The number of ether oxygens (including phenoxy) is 1. The summed E-state index contributed by atoms with van der Waals surface area (Å²) in [5, 5.41) is 12.1. The number of aliphatic hydroxyl groups is 1. The number of carbonyl (C=O) groups is 2. The molecule has 1 aliphatic rings. The Hall–Kier alpha value is -1.63. The maximum Gasteiger partial charge on any atom is 0.253 e. The van der Waals surface area contributed by atoms with Crippen LogP contribution in [0.15, 0.2) is 24.3 Å². The second-order valence-corrected chi connectivity index (χ2v) is 5.54. The zero-order valence-electron chi connectivity index (χ0n) is 12.3. The quantitative estimate of drug-likeness (QED) is 0.836. The highest BCUT2D eigenvalue weighted by molar-refractivity contribution is 6.31. The van der Waals surface area contributed by atoms with Gasteiger partial charge in [0, 0.05) is 25.2 Å². The summed E-state index contributed by atoms with van der Waals surface area (Å²) in [5.74, 6) is -0.537. The van der Waals surface area contributed by atoms with E-state index in [1.54, 1.807) is 31.3 Å². The molecular weight excluding hydrogens is 308 g/mol. The summed E-state index contributed by atoms with van der Waals surface area (Å²) in [6, 6.07) is 6.41. The number of benzene rings is 1. The summed E-state index contributed by atoms with van der Waals surface area (Å²) in [4.78, 5) is 25.6. The number of rotatable bonds is 5. The van der Waals surface area contributed by atoms with Gasteiger partial charge in [-0.2, -0.15) is 0 Å². The molecule has 6 nitrogen and oxygen atoms in total. The summed E-state index contributed by atoms with van der Waals surface area (Å²) in [6.07, 6.45) is -0.348. The maximum atomic E-state index is 12.5. The zero-order chi connectivity index (χ0) is 16.1. The van der Waals surface area contributed by atoms with Gasteiger partial charge in [0.05, 0.1) is 6.04 Å². The molecule has 120 valence electrons. The molecule has 0 bridgehead atoms. The maximum absolute atomic E-state index is 12.5. The minimum Gasteiger partial charge on any atom is -0.396 e. The van der Waals surface area contributed by atoms with Crippen LogP contribution in [0.4, 0.5) is 0 Å². The highest BCUT2D eigenvalue weighted by atomic mass is 35.5. The molecule has 1 heterocycles. The normalized spacial score (nSPS) is 21.3. The van der Waals surface area contributed by atoms with Crippen LogP contribution in [0.25, 0.3) is 0 Å². The van der Waals surface area contributed by atoms with Crippen LogP contribution >= 0.6 is 11.6 Å². The molecule has 22 heavy (non-hydrogen) atoms. The van der Waals surface area contributed by atoms with Gasteiger partial charge in [0.2, 0.25) is 5.91 Å². The van der Waals surface area contributed by atoms with E-state index in [4.69, 9.17) is 21.4 Å². The first-order chi connectivity index (χ1) is 10.5. The Morgan fingerprint density at radius 2 is 2.23 bits per heavy atom. The molecular formula is C15H19ClN2O4. The van der Waals surface area contributed by atoms with Gasteiger partial charge in [-0.15, -0.1) is 0 Å². The topological polar surface area (TPSA) is 78.9 Å². The van der Waals surface area contributed by atoms with E-state index in [9.17, 15) is 9.59 Å². The van der Waals surface area contributed by atoms with Gasteiger partial charge in [-0.05, 0) is 18.1 Å². The highest BCUT2D eigenvalue weighted by Gasteiger charge is 2.38. The molecule has 1 aromatic carbocycles. The van der Waals surface area contributed by atoms with Crippen LogP contribution in [0.1, 0.15) is 18.0 Å². The molecule has 2 rings (SSSR count). The first-order valence-electron chi connectivity index (χ1n) is 7.06. The van der Waals surface area contributed by atoms with Gasteiger partial charge in [-0.3, -0.25) is 9.59 Å². The van der Waals surface area contributed by atoms with Gasteiger partial charge in [-0.25, -0.2) is 0 Å². The number of halogens is 1. The fourth-order valence-electron chi connectivity index (χ4n) is 2.37. The van der Waals surface area contributed by atoms with Crippen LogP contribution in [0.3, 0.4) is 0 Å². The molecule has 0 radical (unpaired) electrons. The van der Waals surface area contributed by atoms with E-state index in [2.05, 4.69) is 5.32 Å². The van der Waals surface area contributed by atoms with Crippen molar-refractivity contribution in [3.05, 3.63) is 34.9 Å². The summed E-state index contributed by atoms with van der Waals surface area (Å²) >= 11 is 6.17. The van der Waals surface area contributed by atoms with Gasteiger partial charge in [-0.1, -0.05) is 29.8 Å². The van der Waals surface area contributed by atoms with Crippen molar-refractivity contribution in [2.24, 2.45) is 0 Å². The lowest BCUT2D eigenvalue weighted by Gasteiger charge is -2.34. The molecule has 2 atom stereocenters. The van der Waals surface area contributed by atoms with Gasteiger partial charge in [0.25, 0.3) is 5.91 Å². The molecule has 1 fully saturated rings. The van der Waals surface area contributed by atoms with Gasteiger partial charge < -0.3 is 20.1 Å². The van der Waals surface area contributed by atoms with Gasteiger partial charge in [0.1, 0.15) is 6.61 Å². The smallest absolute Gasteiger partial charge is 0.253 e. The number of hydrogen-bond donors (Lipinski definition) is 2. The van der Waals surface area contributed by atoms with Crippen molar-refractivity contribution in [3.8, 4) is 0 Å². The Morgan fingerprint density at radius 3 is 2.91 bits per heavy atom. The van der Waals surface area contributed by atoms with Crippen LogP contribution in [-0.4, -0.2) is 54.7 Å². The minimum atomic E-state index is -0.832. The molecule has 0 spiro atoms. The van der Waals surface area contributed by atoms with Gasteiger partial charge in [0.15, 0.2) is 6.10 Å². The summed E-state index contributed by atoms with van der Waals surface area (Å²) in [6.45, 7) is 0.261. The lowest BCUT2D eigenvalue weighted by atomic mass is 9.98. The number of morpholine rings is 1. The molecule has 1 aromatic rings. The predicted molar refractivity (Wildman–Crippen MR) is 81.4 cm³/mol. The molecule has 2 amide bonds. The van der Waals surface area contributed by atoms with Crippen LogP contribution < -0.4 is 5.32 Å². The van der Waals surface area contributed by atoms with Crippen LogP contribution in [0.5, 0.6) is 0 Å². The van der Waals surface area contributed by atoms with E-state index in [1.807, 2.05) is 0 Å². The molecule has 0 saturated carbocycles. The summed E-state index contributed by atoms with van der Waals surface area (Å²) < 4.78 is 5.45. The van der Waals surface area contributed by atoms with E-state index >= 15 is 0 Å². The molecule has 2 N–H and O–H groups in total. The second-order valence-electron chi connectivity index (χ2n) is 5.14. The Morgan fingerprint density at radius 1 is 1.50 bits per heavy atom.